The zero-order valence-corrected chi connectivity index (χ0v) is 11.8. The number of benzene rings is 1. The van der Waals surface area contributed by atoms with Gasteiger partial charge in [-0.1, -0.05) is 0 Å². The predicted octanol–water partition coefficient (Wildman–Crippen LogP) is 1.72. The Balaban J connectivity index is 2.49. The van der Waals surface area contributed by atoms with E-state index in [2.05, 4.69) is 0 Å². The number of hydrogen-bond donors (Lipinski definition) is 1. The SMILES string of the molecule is CCN(CC(=O)O)C(=O)CSc1ccc(OC)cc1. The highest BCUT2D eigenvalue weighted by atomic mass is 32.2. The fourth-order valence-corrected chi connectivity index (χ4v) is 2.25. The molecule has 1 aromatic rings. The maximum atomic E-state index is 11.8. The number of amides is 1. The maximum Gasteiger partial charge on any atom is 0.323 e. The van der Waals surface area contributed by atoms with Gasteiger partial charge in [0.15, 0.2) is 0 Å². The van der Waals surface area contributed by atoms with Crippen LogP contribution in [0.1, 0.15) is 6.92 Å². The second-order valence-electron chi connectivity index (χ2n) is 3.77. The van der Waals surface area contributed by atoms with Crippen molar-refractivity contribution in [3.05, 3.63) is 24.3 Å². The van der Waals surface area contributed by atoms with Crippen LogP contribution in [0.3, 0.4) is 0 Å². The third kappa shape index (κ3) is 5.21. The van der Waals surface area contributed by atoms with E-state index in [-0.39, 0.29) is 18.2 Å². The number of hydrogen-bond acceptors (Lipinski definition) is 4. The summed E-state index contributed by atoms with van der Waals surface area (Å²) >= 11 is 1.38. The Hall–Kier alpha value is -1.69. The highest BCUT2D eigenvalue weighted by Crippen LogP contribution is 2.21. The zero-order chi connectivity index (χ0) is 14.3. The number of methoxy groups -OCH3 is 1. The lowest BCUT2D eigenvalue weighted by molar-refractivity contribution is -0.143. The first kappa shape index (κ1) is 15.4. The average molecular weight is 283 g/mol. The van der Waals surface area contributed by atoms with Crippen LogP contribution in [0.2, 0.25) is 0 Å². The number of likely N-dealkylation sites (N-methyl/N-ethyl adjacent to an activating group) is 1. The standard InChI is InChI=1S/C13H17NO4S/c1-3-14(8-13(16)17)12(15)9-19-11-6-4-10(18-2)5-7-11/h4-7H,3,8-9H2,1-2H3,(H,16,17). The minimum absolute atomic E-state index is 0.175. The Morgan fingerprint density at radius 1 is 1.32 bits per heavy atom. The molecular weight excluding hydrogens is 266 g/mol. The summed E-state index contributed by atoms with van der Waals surface area (Å²) in [5.41, 5.74) is 0. The summed E-state index contributed by atoms with van der Waals surface area (Å²) < 4.78 is 5.04. The smallest absolute Gasteiger partial charge is 0.323 e. The fraction of sp³-hybridized carbons (Fsp3) is 0.385. The molecule has 0 aliphatic heterocycles. The molecule has 0 saturated heterocycles. The molecular formula is C13H17NO4S. The van der Waals surface area contributed by atoms with Gasteiger partial charge in [0, 0.05) is 11.4 Å². The van der Waals surface area contributed by atoms with Crippen molar-refractivity contribution in [3.63, 3.8) is 0 Å². The van der Waals surface area contributed by atoms with Crippen LogP contribution in [0.25, 0.3) is 0 Å². The number of carbonyl (C=O) groups excluding carboxylic acids is 1. The van der Waals surface area contributed by atoms with Gasteiger partial charge >= 0.3 is 5.97 Å². The molecule has 0 radical (unpaired) electrons. The number of thioether (sulfide) groups is 1. The van der Waals surface area contributed by atoms with Crippen molar-refractivity contribution >= 4 is 23.6 Å². The van der Waals surface area contributed by atoms with E-state index >= 15 is 0 Å². The van der Waals surface area contributed by atoms with Crippen molar-refractivity contribution in [2.75, 3.05) is 26.0 Å². The normalized spacial score (nSPS) is 10.0. The molecule has 1 rings (SSSR count). The fourth-order valence-electron chi connectivity index (χ4n) is 1.45. The number of carbonyl (C=O) groups is 2. The molecule has 5 nitrogen and oxygen atoms in total. The average Bonchev–Trinajstić information content (AvgIpc) is 2.42. The molecule has 0 aromatic heterocycles. The van der Waals surface area contributed by atoms with E-state index in [1.54, 1.807) is 14.0 Å². The van der Waals surface area contributed by atoms with Crippen LogP contribution in [0, 0.1) is 0 Å². The van der Waals surface area contributed by atoms with Crippen molar-refractivity contribution in [1.82, 2.24) is 4.90 Å². The first-order chi connectivity index (χ1) is 9.06. The summed E-state index contributed by atoms with van der Waals surface area (Å²) in [5.74, 6) is -0.180. The molecule has 0 bridgehead atoms. The quantitative estimate of drug-likeness (QED) is 0.772. The number of rotatable bonds is 7. The van der Waals surface area contributed by atoms with E-state index < -0.39 is 5.97 Å². The second-order valence-corrected chi connectivity index (χ2v) is 4.81. The van der Waals surface area contributed by atoms with Gasteiger partial charge in [-0.15, -0.1) is 11.8 Å². The summed E-state index contributed by atoms with van der Waals surface area (Å²) in [4.78, 5) is 24.7. The summed E-state index contributed by atoms with van der Waals surface area (Å²) in [7, 11) is 1.59. The molecule has 1 N–H and O–H groups in total. The molecule has 1 aromatic carbocycles. The Bertz CT molecular complexity index is 433. The molecule has 0 aliphatic carbocycles. The molecule has 0 unspecified atom stereocenters. The van der Waals surface area contributed by atoms with Gasteiger partial charge in [0.25, 0.3) is 0 Å². The van der Waals surface area contributed by atoms with Crippen molar-refractivity contribution < 1.29 is 19.4 Å². The highest BCUT2D eigenvalue weighted by Gasteiger charge is 2.14. The van der Waals surface area contributed by atoms with Gasteiger partial charge in [-0.25, -0.2) is 0 Å². The van der Waals surface area contributed by atoms with E-state index in [9.17, 15) is 9.59 Å². The Labute approximate surface area is 116 Å². The van der Waals surface area contributed by atoms with Crippen molar-refractivity contribution in [2.45, 2.75) is 11.8 Å². The van der Waals surface area contributed by atoms with Crippen LogP contribution in [0.5, 0.6) is 5.75 Å². The van der Waals surface area contributed by atoms with Crippen LogP contribution in [0.15, 0.2) is 29.2 Å². The third-order valence-electron chi connectivity index (χ3n) is 2.48. The summed E-state index contributed by atoms with van der Waals surface area (Å²) in [6.45, 7) is 1.91. The van der Waals surface area contributed by atoms with Crippen LogP contribution < -0.4 is 4.74 Å². The Morgan fingerprint density at radius 3 is 2.42 bits per heavy atom. The van der Waals surface area contributed by atoms with Crippen molar-refractivity contribution in [3.8, 4) is 5.75 Å². The molecule has 0 heterocycles. The van der Waals surface area contributed by atoms with Crippen LogP contribution in [-0.4, -0.2) is 47.8 Å². The number of nitrogens with zero attached hydrogens (tertiary/aromatic N) is 1. The monoisotopic (exact) mass is 283 g/mol. The van der Waals surface area contributed by atoms with Crippen molar-refractivity contribution in [1.29, 1.82) is 0 Å². The van der Waals surface area contributed by atoms with Gasteiger partial charge in [0.05, 0.1) is 12.9 Å². The molecule has 6 heteroatoms. The number of aliphatic carboxylic acids is 1. The van der Waals surface area contributed by atoms with E-state index in [1.807, 2.05) is 24.3 Å². The molecule has 0 aliphatic rings. The van der Waals surface area contributed by atoms with E-state index in [0.717, 1.165) is 10.6 Å². The molecule has 104 valence electrons. The van der Waals surface area contributed by atoms with Gasteiger partial charge in [-0.05, 0) is 31.2 Å². The summed E-state index contributed by atoms with van der Waals surface area (Å²) in [6, 6.07) is 7.37. The van der Waals surface area contributed by atoms with Gasteiger partial charge in [-0.3, -0.25) is 9.59 Å². The first-order valence-corrected chi connectivity index (χ1v) is 6.81. The van der Waals surface area contributed by atoms with Gasteiger partial charge < -0.3 is 14.7 Å². The van der Waals surface area contributed by atoms with E-state index in [4.69, 9.17) is 9.84 Å². The van der Waals surface area contributed by atoms with E-state index in [0.29, 0.717) is 6.54 Å². The maximum absolute atomic E-state index is 11.8. The lowest BCUT2D eigenvalue weighted by Gasteiger charge is -2.18. The summed E-state index contributed by atoms with van der Waals surface area (Å²) in [5, 5.41) is 8.69. The van der Waals surface area contributed by atoms with Gasteiger partial charge in [0.2, 0.25) is 5.91 Å². The molecule has 0 atom stereocenters. The molecule has 0 spiro atoms. The van der Waals surface area contributed by atoms with Gasteiger partial charge in [0.1, 0.15) is 12.3 Å². The topological polar surface area (TPSA) is 66.8 Å². The Morgan fingerprint density at radius 2 is 1.95 bits per heavy atom. The van der Waals surface area contributed by atoms with Gasteiger partial charge in [-0.2, -0.15) is 0 Å². The molecule has 0 fully saturated rings. The summed E-state index contributed by atoms with van der Waals surface area (Å²) in [6.07, 6.45) is 0. The van der Waals surface area contributed by atoms with Crippen molar-refractivity contribution in [2.24, 2.45) is 0 Å². The number of ether oxygens (including phenoxy) is 1. The minimum Gasteiger partial charge on any atom is -0.497 e. The lowest BCUT2D eigenvalue weighted by atomic mass is 10.3. The molecule has 1 amide bonds. The Kier molecular flexibility index (Phi) is 6.21. The van der Waals surface area contributed by atoms with Crippen LogP contribution in [0.4, 0.5) is 0 Å². The number of carboxylic acids is 1. The third-order valence-corrected chi connectivity index (χ3v) is 3.48. The zero-order valence-electron chi connectivity index (χ0n) is 11.0. The highest BCUT2D eigenvalue weighted by molar-refractivity contribution is 8.00. The predicted molar refractivity (Wildman–Crippen MR) is 73.6 cm³/mol. The molecule has 0 saturated carbocycles. The number of carboxylic acid groups (broad SMARTS) is 1. The van der Waals surface area contributed by atoms with Crippen LogP contribution in [-0.2, 0) is 9.59 Å². The van der Waals surface area contributed by atoms with Crippen LogP contribution >= 0.6 is 11.8 Å². The second kappa shape index (κ2) is 7.68. The minimum atomic E-state index is -0.996. The largest absolute Gasteiger partial charge is 0.497 e. The first-order valence-electron chi connectivity index (χ1n) is 5.83. The molecule has 19 heavy (non-hydrogen) atoms. The lowest BCUT2D eigenvalue weighted by Crippen LogP contribution is -2.36. The van der Waals surface area contributed by atoms with E-state index in [1.165, 1.54) is 16.7 Å².